The number of amides is 1. The summed E-state index contributed by atoms with van der Waals surface area (Å²) in [5, 5.41) is 19.7. The van der Waals surface area contributed by atoms with Crippen molar-refractivity contribution in [2.75, 3.05) is 18.1 Å². The maximum atomic E-state index is 12.9. The van der Waals surface area contributed by atoms with E-state index in [9.17, 15) is 31.5 Å². The predicted octanol–water partition coefficient (Wildman–Crippen LogP) is 4.03. The highest BCUT2D eigenvalue weighted by Gasteiger charge is 2.38. The van der Waals surface area contributed by atoms with Crippen molar-refractivity contribution < 1.29 is 31.5 Å². The molecule has 1 aromatic carbocycles. The molecule has 1 atom stereocenters. The third-order valence-electron chi connectivity index (χ3n) is 6.49. The Kier molecular flexibility index (Phi) is 8.31. The van der Waals surface area contributed by atoms with E-state index >= 15 is 0 Å². The molecule has 3 rings (SSSR count). The lowest BCUT2D eigenvalue weighted by atomic mass is 9.84. The molecule has 200 valence electrons. The fourth-order valence-corrected chi connectivity index (χ4v) is 5.63. The van der Waals surface area contributed by atoms with Gasteiger partial charge in [0.1, 0.15) is 15.9 Å². The molecule has 1 aliphatic carbocycles. The standard InChI is InChI=1S/C23H30ClF3N4O4S/c1-4-31-20(15-5-7-16(8-6-15)29-14(2)23(25,26)27)18(24)19(30-31)21(32)28-13-22(33)11-9-17(10-12-22)36(3,34)35/h5-8,14,17,29,33H,4,9-13H2,1-3H3,(H,28,32)/t14-,17?,22?/m1/s1. The third-order valence-corrected chi connectivity index (χ3v) is 8.53. The summed E-state index contributed by atoms with van der Waals surface area (Å²) < 4.78 is 63.4. The number of benzene rings is 1. The van der Waals surface area contributed by atoms with Crippen molar-refractivity contribution in [3.8, 4) is 11.3 Å². The largest absolute Gasteiger partial charge is 0.408 e. The summed E-state index contributed by atoms with van der Waals surface area (Å²) in [5.74, 6) is -0.593. The van der Waals surface area contributed by atoms with Gasteiger partial charge in [0.2, 0.25) is 0 Å². The quantitative estimate of drug-likeness (QED) is 0.457. The average Bonchev–Trinajstić information content (AvgIpc) is 3.13. The van der Waals surface area contributed by atoms with Gasteiger partial charge in [-0.25, -0.2) is 8.42 Å². The monoisotopic (exact) mass is 550 g/mol. The van der Waals surface area contributed by atoms with E-state index in [0.717, 1.165) is 6.92 Å². The van der Waals surface area contributed by atoms with E-state index in [0.29, 0.717) is 30.6 Å². The van der Waals surface area contributed by atoms with Crippen LogP contribution < -0.4 is 10.6 Å². The topological polar surface area (TPSA) is 113 Å². The first-order chi connectivity index (χ1) is 16.6. The molecule has 36 heavy (non-hydrogen) atoms. The molecule has 3 N–H and O–H groups in total. The number of rotatable bonds is 8. The number of sulfone groups is 1. The summed E-state index contributed by atoms with van der Waals surface area (Å²) >= 11 is 6.51. The van der Waals surface area contributed by atoms with Crippen LogP contribution in [0.25, 0.3) is 11.3 Å². The fourth-order valence-electron chi connectivity index (χ4n) is 4.21. The molecule has 1 aromatic heterocycles. The van der Waals surface area contributed by atoms with Crippen LogP contribution in [0.2, 0.25) is 5.02 Å². The Balaban J connectivity index is 1.72. The Labute approximate surface area is 213 Å². The van der Waals surface area contributed by atoms with Gasteiger partial charge in [-0.2, -0.15) is 18.3 Å². The van der Waals surface area contributed by atoms with Crippen molar-refractivity contribution in [2.24, 2.45) is 0 Å². The lowest BCUT2D eigenvalue weighted by molar-refractivity contribution is -0.138. The molecule has 1 heterocycles. The van der Waals surface area contributed by atoms with Crippen molar-refractivity contribution in [1.29, 1.82) is 0 Å². The van der Waals surface area contributed by atoms with Gasteiger partial charge < -0.3 is 15.7 Å². The normalized spacial score (nSPS) is 21.7. The van der Waals surface area contributed by atoms with Gasteiger partial charge >= 0.3 is 6.18 Å². The predicted molar refractivity (Wildman–Crippen MR) is 132 cm³/mol. The molecule has 2 aromatic rings. The van der Waals surface area contributed by atoms with Crippen LogP contribution in [0.1, 0.15) is 50.0 Å². The van der Waals surface area contributed by atoms with Gasteiger partial charge in [0.25, 0.3) is 5.91 Å². The van der Waals surface area contributed by atoms with Crippen molar-refractivity contribution in [3.05, 3.63) is 35.0 Å². The van der Waals surface area contributed by atoms with Crippen LogP contribution in [-0.4, -0.2) is 65.1 Å². The molecule has 1 aliphatic rings. The van der Waals surface area contributed by atoms with Crippen LogP contribution in [0.5, 0.6) is 0 Å². The second-order valence-corrected chi connectivity index (χ2v) is 12.0. The van der Waals surface area contributed by atoms with E-state index in [4.69, 9.17) is 11.6 Å². The molecule has 0 aliphatic heterocycles. The summed E-state index contributed by atoms with van der Waals surface area (Å²) in [6.45, 7) is 3.13. The minimum Gasteiger partial charge on any atom is -0.388 e. The molecule has 0 bridgehead atoms. The summed E-state index contributed by atoms with van der Waals surface area (Å²) in [5.41, 5.74) is 0.00732. The summed E-state index contributed by atoms with van der Waals surface area (Å²) in [6, 6.07) is 4.43. The second-order valence-electron chi connectivity index (χ2n) is 9.25. The number of alkyl halides is 3. The summed E-state index contributed by atoms with van der Waals surface area (Å²) in [4.78, 5) is 12.9. The Morgan fingerprint density at radius 1 is 1.28 bits per heavy atom. The van der Waals surface area contributed by atoms with E-state index in [-0.39, 0.29) is 35.8 Å². The Morgan fingerprint density at radius 3 is 2.36 bits per heavy atom. The molecule has 0 spiro atoms. The number of anilines is 1. The molecule has 1 amide bonds. The number of nitrogens with zero attached hydrogens (tertiary/aromatic N) is 2. The number of hydrogen-bond acceptors (Lipinski definition) is 6. The highest BCUT2D eigenvalue weighted by Crippen LogP contribution is 2.34. The lowest BCUT2D eigenvalue weighted by Crippen LogP contribution is -2.47. The number of carbonyl (C=O) groups is 1. The Morgan fingerprint density at radius 2 is 1.86 bits per heavy atom. The molecular formula is C23H30ClF3N4O4S. The molecule has 13 heteroatoms. The Bertz CT molecular complexity index is 1190. The van der Waals surface area contributed by atoms with E-state index < -0.39 is 38.8 Å². The number of aromatic nitrogens is 2. The van der Waals surface area contributed by atoms with Gasteiger partial charge in [0, 0.05) is 30.6 Å². The van der Waals surface area contributed by atoms with Gasteiger partial charge in [-0.1, -0.05) is 23.7 Å². The minimum atomic E-state index is -4.38. The van der Waals surface area contributed by atoms with Crippen molar-refractivity contribution >= 4 is 33.0 Å². The van der Waals surface area contributed by atoms with E-state index in [1.165, 1.54) is 23.1 Å². The Hall–Kier alpha value is -2.31. The lowest BCUT2D eigenvalue weighted by Gasteiger charge is -2.35. The smallest absolute Gasteiger partial charge is 0.388 e. The molecule has 1 fully saturated rings. The van der Waals surface area contributed by atoms with E-state index in [1.807, 2.05) is 0 Å². The molecule has 8 nitrogen and oxygen atoms in total. The zero-order chi connectivity index (χ0) is 26.9. The maximum absolute atomic E-state index is 12.9. The highest BCUT2D eigenvalue weighted by atomic mass is 35.5. The number of hydrogen-bond donors (Lipinski definition) is 3. The summed E-state index contributed by atoms with van der Waals surface area (Å²) in [6.07, 6.45) is -2.10. The summed E-state index contributed by atoms with van der Waals surface area (Å²) in [7, 11) is -3.19. The van der Waals surface area contributed by atoms with Crippen molar-refractivity contribution in [1.82, 2.24) is 15.1 Å². The average molecular weight is 551 g/mol. The zero-order valence-corrected chi connectivity index (χ0v) is 21.8. The first kappa shape index (κ1) is 28.3. The van der Waals surface area contributed by atoms with Gasteiger partial charge in [0.15, 0.2) is 5.69 Å². The zero-order valence-electron chi connectivity index (χ0n) is 20.2. The van der Waals surface area contributed by atoms with Crippen LogP contribution >= 0.6 is 11.6 Å². The molecule has 0 radical (unpaired) electrons. The number of halogens is 4. The third kappa shape index (κ3) is 6.51. The van der Waals surface area contributed by atoms with Crippen LogP contribution in [0.4, 0.5) is 18.9 Å². The minimum absolute atomic E-state index is 0.0465. The van der Waals surface area contributed by atoms with Crippen LogP contribution in [-0.2, 0) is 16.4 Å². The SMILES string of the molecule is CCn1nc(C(=O)NCC2(O)CCC(S(C)(=O)=O)CC2)c(Cl)c1-c1ccc(N[C@H](C)C(F)(F)F)cc1. The van der Waals surface area contributed by atoms with Gasteiger partial charge in [0.05, 0.1) is 21.6 Å². The number of nitrogens with one attached hydrogen (secondary N) is 2. The molecule has 0 saturated heterocycles. The maximum Gasteiger partial charge on any atom is 0.408 e. The molecular weight excluding hydrogens is 521 g/mol. The first-order valence-electron chi connectivity index (χ1n) is 11.5. The van der Waals surface area contributed by atoms with Gasteiger partial charge in [-0.15, -0.1) is 0 Å². The van der Waals surface area contributed by atoms with Gasteiger partial charge in [-0.3, -0.25) is 9.48 Å². The highest BCUT2D eigenvalue weighted by molar-refractivity contribution is 7.91. The molecule has 1 saturated carbocycles. The first-order valence-corrected chi connectivity index (χ1v) is 13.9. The van der Waals surface area contributed by atoms with Gasteiger partial charge in [-0.05, 0) is 51.7 Å². The molecule has 0 unspecified atom stereocenters. The van der Waals surface area contributed by atoms with Crippen LogP contribution in [0, 0.1) is 0 Å². The number of carbonyl (C=O) groups excluding carboxylic acids is 1. The number of aryl methyl sites for hydroxylation is 1. The van der Waals surface area contributed by atoms with Crippen molar-refractivity contribution in [3.63, 3.8) is 0 Å². The van der Waals surface area contributed by atoms with Crippen molar-refractivity contribution in [2.45, 2.75) is 69.1 Å². The fraction of sp³-hybridized carbons (Fsp3) is 0.565. The van der Waals surface area contributed by atoms with Crippen LogP contribution in [0.15, 0.2) is 24.3 Å². The second kappa shape index (κ2) is 10.6. The number of aliphatic hydroxyl groups is 1. The van der Waals surface area contributed by atoms with E-state index in [1.54, 1.807) is 19.1 Å². The van der Waals surface area contributed by atoms with E-state index in [2.05, 4.69) is 15.7 Å². The van der Waals surface area contributed by atoms with Crippen LogP contribution in [0.3, 0.4) is 0 Å².